The molecule has 7 nitrogen and oxygen atoms in total. The van der Waals surface area contributed by atoms with Crippen LogP contribution in [0.5, 0.6) is 0 Å². The standard InChI is InChI=1S/C17H16N4O3S/c18-25(23,24)16-9-5-14(6-10-16)20-17(22)19-13-3-7-15(8-4-13)21-11-1-2-12-21/h1-12H,(H2,18,23,24)(H2,19,20,22). The Hall–Kier alpha value is -3.10. The fraction of sp³-hybridized carbons (Fsp3) is 0. The maximum atomic E-state index is 12.0. The number of nitrogens with zero attached hydrogens (tertiary/aromatic N) is 1. The summed E-state index contributed by atoms with van der Waals surface area (Å²) in [6.07, 6.45) is 3.86. The minimum atomic E-state index is -3.75. The van der Waals surface area contributed by atoms with Crippen LogP contribution in [0.4, 0.5) is 16.2 Å². The Morgan fingerprint density at radius 1 is 0.840 bits per heavy atom. The van der Waals surface area contributed by atoms with E-state index < -0.39 is 16.1 Å². The van der Waals surface area contributed by atoms with Crippen LogP contribution in [0, 0.1) is 0 Å². The van der Waals surface area contributed by atoms with Gasteiger partial charge in [-0.2, -0.15) is 0 Å². The highest BCUT2D eigenvalue weighted by Gasteiger charge is 2.08. The van der Waals surface area contributed by atoms with E-state index in [4.69, 9.17) is 5.14 Å². The minimum Gasteiger partial charge on any atom is -0.324 e. The topological polar surface area (TPSA) is 106 Å². The predicted molar refractivity (Wildman–Crippen MR) is 96.2 cm³/mol. The van der Waals surface area contributed by atoms with Crippen molar-refractivity contribution in [2.75, 3.05) is 10.6 Å². The molecule has 1 heterocycles. The molecule has 0 saturated carbocycles. The molecule has 0 aliphatic rings. The lowest BCUT2D eigenvalue weighted by molar-refractivity contribution is 0.262. The molecule has 3 rings (SSSR count). The first-order valence-electron chi connectivity index (χ1n) is 7.36. The van der Waals surface area contributed by atoms with Crippen LogP contribution in [-0.2, 0) is 10.0 Å². The molecule has 0 fully saturated rings. The van der Waals surface area contributed by atoms with Crippen LogP contribution in [0.25, 0.3) is 5.69 Å². The molecule has 0 atom stereocenters. The molecule has 25 heavy (non-hydrogen) atoms. The number of aromatic nitrogens is 1. The average molecular weight is 356 g/mol. The summed E-state index contributed by atoms with van der Waals surface area (Å²) in [7, 11) is -3.75. The zero-order valence-electron chi connectivity index (χ0n) is 13.1. The number of amides is 2. The second kappa shape index (κ2) is 6.80. The number of sulfonamides is 1. The average Bonchev–Trinajstić information content (AvgIpc) is 3.09. The van der Waals surface area contributed by atoms with Crippen LogP contribution in [0.1, 0.15) is 0 Å². The molecule has 0 unspecified atom stereocenters. The molecule has 1 aromatic heterocycles. The number of urea groups is 1. The van der Waals surface area contributed by atoms with Gasteiger partial charge in [0, 0.05) is 29.5 Å². The summed E-state index contributed by atoms with van der Waals surface area (Å²) < 4.78 is 24.3. The summed E-state index contributed by atoms with van der Waals surface area (Å²) in [5.41, 5.74) is 2.07. The van der Waals surface area contributed by atoms with Gasteiger partial charge in [-0.15, -0.1) is 0 Å². The number of benzene rings is 2. The molecule has 0 spiro atoms. The van der Waals surface area contributed by atoms with Crippen molar-refractivity contribution in [1.29, 1.82) is 0 Å². The summed E-state index contributed by atoms with van der Waals surface area (Å²) in [5, 5.41) is 10.4. The molecule has 0 saturated heterocycles. The normalized spacial score (nSPS) is 11.1. The van der Waals surface area contributed by atoms with Gasteiger partial charge >= 0.3 is 6.03 Å². The van der Waals surface area contributed by atoms with E-state index in [0.717, 1.165) is 5.69 Å². The van der Waals surface area contributed by atoms with Crippen molar-refractivity contribution in [3.63, 3.8) is 0 Å². The summed E-state index contributed by atoms with van der Waals surface area (Å²) in [6.45, 7) is 0. The van der Waals surface area contributed by atoms with Crippen molar-refractivity contribution in [3.05, 3.63) is 73.1 Å². The molecule has 2 amide bonds. The third kappa shape index (κ3) is 4.25. The monoisotopic (exact) mass is 356 g/mol. The SMILES string of the molecule is NS(=O)(=O)c1ccc(NC(=O)Nc2ccc(-n3cccc3)cc2)cc1. The Morgan fingerprint density at radius 2 is 1.32 bits per heavy atom. The summed E-state index contributed by atoms with van der Waals surface area (Å²) in [4.78, 5) is 12.0. The molecule has 8 heteroatoms. The van der Waals surface area contributed by atoms with Crippen molar-refractivity contribution in [3.8, 4) is 5.69 Å². The number of hydrogen-bond donors (Lipinski definition) is 3. The Balaban J connectivity index is 1.62. The zero-order valence-corrected chi connectivity index (χ0v) is 13.9. The van der Waals surface area contributed by atoms with Gasteiger partial charge in [0.25, 0.3) is 0 Å². The number of hydrogen-bond acceptors (Lipinski definition) is 3. The highest BCUT2D eigenvalue weighted by atomic mass is 32.2. The molecular formula is C17H16N4O3S. The Kier molecular flexibility index (Phi) is 4.55. The lowest BCUT2D eigenvalue weighted by Crippen LogP contribution is -2.19. The number of carbonyl (C=O) groups is 1. The molecule has 128 valence electrons. The van der Waals surface area contributed by atoms with Crippen molar-refractivity contribution >= 4 is 27.4 Å². The van der Waals surface area contributed by atoms with Crippen LogP contribution >= 0.6 is 0 Å². The molecule has 0 bridgehead atoms. The smallest absolute Gasteiger partial charge is 0.323 e. The zero-order chi connectivity index (χ0) is 17.9. The van der Waals surface area contributed by atoms with Gasteiger partial charge < -0.3 is 15.2 Å². The van der Waals surface area contributed by atoms with Gasteiger partial charge in [-0.3, -0.25) is 0 Å². The van der Waals surface area contributed by atoms with Crippen LogP contribution in [0.2, 0.25) is 0 Å². The van der Waals surface area contributed by atoms with Gasteiger partial charge in [0.2, 0.25) is 10.0 Å². The summed E-state index contributed by atoms with van der Waals surface area (Å²) >= 11 is 0. The van der Waals surface area contributed by atoms with Crippen LogP contribution in [0.15, 0.2) is 78.0 Å². The highest BCUT2D eigenvalue weighted by molar-refractivity contribution is 7.89. The third-order valence-corrected chi connectivity index (χ3v) is 4.40. The first-order valence-corrected chi connectivity index (χ1v) is 8.91. The number of rotatable bonds is 4. The second-order valence-electron chi connectivity index (χ2n) is 5.29. The van der Waals surface area contributed by atoms with Crippen molar-refractivity contribution in [2.24, 2.45) is 5.14 Å². The Bertz CT molecular complexity index is 964. The first kappa shape index (κ1) is 16.7. The van der Waals surface area contributed by atoms with E-state index in [0.29, 0.717) is 11.4 Å². The molecular weight excluding hydrogens is 340 g/mol. The molecule has 0 aliphatic heterocycles. The van der Waals surface area contributed by atoms with E-state index in [1.165, 1.54) is 24.3 Å². The van der Waals surface area contributed by atoms with Gasteiger partial charge in [-0.1, -0.05) is 0 Å². The number of carbonyl (C=O) groups excluding carboxylic acids is 1. The molecule has 3 aromatic rings. The molecule has 4 N–H and O–H groups in total. The highest BCUT2D eigenvalue weighted by Crippen LogP contribution is 2.15. The number of primary sulfonamides is 1. The van der Waals surface area contributed by atoms with Gasteiger partial charge in [0.15, 0.2) is 0 Å². The molecule has 2 aromatic carbocycles. The van der Waals surface area contributed by atoms with E-state index in [9.17, 15) is 13.2 Å². The molecule has 0 aliphatic carbocycles. The van der Waals surface area contributed by atoms with Crippen LogP contribution in [-0.4, -0.2) is 19.0 Å². The van der Waals surface area contributed by atoms with E-state index >= 15 is 0 Å². The van der Waals surface area contributed by atoms with Gasteiger partial charge in [0.05, 0.1) is 4.90 Å². The molecule has 0 radical (unpaired) electrons. The summed E-state index contributed by atoms with van der Waals surface area (Å²) in [6, 6.07) is 16.4. The first-order chi connectivity index (χ1) is 11.9. The third-order valence-electron chi connectivity index (χ3n) is 3.47. The fourth-order valence-corrected chi connectivity index (χ4v) is 2.76. The van der Waals surface area contributed by atoms with Crippen molar-refractivity contribution in [1.82, 2.24) is 4.57 Å². The summed E-state index contributed by atoms with van der Waals surface area (Å²) in [5.74, 6) is 0. The van der Waals surface area contributed by atoms with Gasteiger partial charge in [0.1, 0.15) is 0 Å². The van der Waals surface area contributed by atoms with Crippen LogP contribution < -0.4 is 15.8 Å². The fourth-order valence-electron chi connectivity index (χ4n) is 2.24. The minimum absolute atomic E-state index is 0.0148. The maximum Gasteiger partial charge on any atom is 0.323 e. The lowest BCUT2D eigenvalue weighted by Gasteiger charge is -2.09. The van der Waals surface area contributed by atoms with Crippen molar-refractivity contribution < 1.29 is 13.2 Å². The largest absolute Gasteiger partial charge is 0.324 e. The van der Waals surface area contributed by atoms with E-state index in [1.54, 1.807) is 12.1 Å². The number of nitrogens with one attached hydrogen (secondary N) is 2. The van der Waals surface area contributed by atoms with Crippen molar-refractivity contribution in [2.45, 2.75) is 4.90 Å². The maximum absolute atomic E-state index is 12.0. The number of anilines is 2. The van der Waals surface area contributed by atoms with Crippen LogP contribution in [0.3, 0.4) is 0 Å². The number of nitrogens with two attached hydrogens (primary N) is 1. The van der Waals surface area contributed by atoms with E-state index in [-0.39, 0.29) is 4.90 Å². The van der Waals surface area contributed by atoms with Gasteiger partial charge in [-0.05, 0) is 60.7 Å². The Morgan fingerprint density at radius 3 is 1.80 bits per heavy atom. The van der Waals surface area contributed by atoms with E-state index in [1.807, 2.05) is 41.2 Å². The quantitative estimate of drug-likeness (QED) is 0.669. The van der Waals surface area contributed by atoms with Gasteiger partial charge in [-0.25, -0.2) is 18.4 Å². The second-order valence-corrected chi connectivity index (χ2v) is 6.85. The Labute approximate surface area is 145 Å². The lowest BCUT2D eigenvalue weighted by atomic mass is 10.3. The van der Waals surface area contributed by atoms with E-state index in [2.05, 4.69) is 10.6 Å². The predicted octanol–water partition coefficient (Wildman–Crippen LogP) is 2.77.